The van der Waals surface area contributed by atoms with Gasteiger partial charge in [-0.2, -0.15) is 0 Å². The van der Waals surface area contributed by atoms with Gasteiger partial charge in [0, 0.05) is 188 Å². The lowest BCUT2D eigenvalue weighted by atomic mass is 10.0. The Morgan fingerprint density at radius 2 is 0.683 bits per heavy atom. The van der Waals surface area contributed by atoms with Crippen molar-refractivity contribution in [1.29, 1.82) is 0 Å². The van der Waals surface area contributed by atoms with Gasteiger partial charge in [-0.3, -0.25) is 0 Å². The minimum absolute atomic E-state index is 0.0563. The Kier molecular flexibility index (Phi) is 23.5. The van der Waals surface area contributed by atoms with Crippen molar-refractivity contribution in [2.24, 2.45) is 0 Å². The van der Waals surface area contributed by atoms with Crippen molar-refractivity contribution < 1.29 is 90.4 Å². The molecule has 0 spiro atoms. The zero-order valence-electron chi connectivity index (χ0n) is 66.9. The summed E-state index contributed by atoms with van der Waals surface area (Å²) in [6, 6.07) is 58.9. The molecule has 12 heterocycles. The molecule has 16 aromatic rings. The van der Waals surface area contributed by atoms with Gasteiger partial charge in [0.05, 0.1) is 99.7 Å². The van der Waals surface area contributed by atoms with E-state index in [1.54, 1.807) is 89.6 Å². The lowest BCUT2D eigenvalue weighted by Gasteiger charge is -2.14. The molecule has 0 saturated heterocycles. The summed E-state index contributed by atoms with van der Waals surface area (Å²) in [7, 11) is 6.28. The highest BCUT2D eigenvalue weighted by Crippen LogP contribution is 2.49. The van der Waals surface area contributed by atoms with Crippen molar-refractivity contribution in [1.82, 2.24) is 38.2 Å². The Morgan fingerprint density at radius 1 is 0.374 bits per heavy atom. The van der Waals surface area contributed by atoms with Crippen LogP contribution in [0.2, 0.25) is 5.02 Å². The summed E-state index contributed by atoms with van der Waals surface area (Å²) in [6.07, 6.45) is 6.90. The highest BCUT2D eigenvalue weighted by atomic mass is 79.9. The van der Waals surface area contributed by atoms with Gasteiger partial charge < -0.3 is 95.5 Å². The first-order chi connectivity index (χ1) is 59.9. The molecule has 0 bridgehead atoms. The van der Waals surface area contributed by atoms with Crippen LogP contribution in [0.5, 0.6) is 69.5 Å². The Hall–Kier alpha value is -13.5. The van der Waals surface area contributed by atoms with Crippen LogP contribution in [0.15, 0.2) is 223 Å². The number of aliphatic hydroxyl groups excluding tert-OH is 4. The lowest BCUT2D eigenvalue weighted by molar-refractivity contribution is 0.0173. The minimum atomic E-state index is -2.94. The van der Waals surface area contributed by atoms with Crippen LogP contribution in [0.4, 0.5) is 13.2 Å². The first-order valence-corrected chi connectivity index (χ1v) is 40.0. The van der Waals surface area contributed by atoms with E-state index < -0.39 is 5.92 Å². The van der Waals surface area contributed by atoms with Crippen LogP contribution in [0.3, 0.4) is 0 Å². The van der Waals surface area contributed by atoms with E-state index >= 15 is 0 Å². The largest absolute Gasteiger partial charge is 0.481 e. The smallest absolute Gasteiger partial charge is 0.270 e. The van der Waals surface area contributed by atoms with E-state index in [2.05, 4.69) is 57.1 Å². The average molecular weight is 1750 g/mol. The molecule has 0 saturated carbocycles. The van der Waals surface area contributed by atoms with E-state index in [0.29, 0.717) is 118 Å². The molecular weight excluding hydrogens is 1670 g/mol. The molecule has 8 aromatic heterocycles. The van der Waals surface area contributed by atoms with Crippen molar-refractivity contribution in [3.05, 3.63) is 285 Å². The average Bonchev–Trinajstić information content (AvgIpc) is 1.61. The van der Waals surface area contributed by atoms with E-state index in [-0.39, 0.29) is 65.0 Å². The number of aromatic nitrogens is 8. The first-order valence-electron chi connectivity index (χ1n) is 38.9. The van der Waals surface area contributed by atoms with Gasteiger partial charge in [-0.1, -0.05) is 88.2 Å². The number of pyridine rings is 4. The van der Waals surface area contributed by atoms with Crippen molar-refractivity contribution in [2.75, 3.05) is 55.6 Å². The number of ether oxygens (including phenoxy) is 12. The topological polar surface area (TPSA) is 263 Å². The Balaban J connectivity index is 0.000000116. The fourth-order valence-corrected chi connectivity index (χ4v) is 16.6. The summed E-state index contributed by atoms with van der Waals surface area (Å²) in [5.74, 6) is 4.09. The molecule has 8 aromatic carbocycles. The molecule has 20 rings (SSSR count). The molecule has 0 fully saturated rings. The van der Waals surface area contributed by atoms with Crippen molar-refractivity contribution in [3.63, 3.8) is 0 Å². The van der Waals surface area contributed by atoms with Gasteiger partial charge in [-0.05, 0) is 107 Å². The van der Waals surface area contributed by atoms with E-state index in [0.717, 1.165) is 128 Å². The lowest BCUT2D eigenvalue weighted by Crippen LogP contribution is -2.09. The van der Waals surface area contributed by atoms with Crippen LogP contribution < -0.4 is 56.8 Å². The number of nitrogens with zero attached hydrogens (tertiary/aromatic N) is 8. The molecule has 0 aliphatic carbocycles. The molecule has 4 N–H and O–H groups in total. The van der Waals surface area contributed by atoms with E-state index in [1.165, 1.54) is 24.3 Å². The number of halogens is 5. The van der Waals surface area contributed by atoms with E-state index in [1.807, 2.05) is 130 Å². The van der Waals surface area contributed by atoms with Gasteiger partial charge in [0.15, 0.2) is 46.0 Å². The Morgan fingerprint density at radius 3 is 0.984 bits per heavy atom. The maximum absolute atomic E-state index is 13.9. The maximum atomic E-state index is 13.9. The van der Waals surface area contributed by atoms with Crippen molar-refractivity contribution in [2.45, 2.75) is 65.5 Å². The van der Waals surface area contributed by atoms with Gasteiger partial charge in [-0.25, -0.2) is 33.1 Å². The van der Waals surface area contributed by atoms with Crippen molar-refractivity contribution in [3.8, 4) is 114 Å². The summed E-state index contributed by atoms with van der Waals surface area (Å²) in [4.78, 5) is 17.3. The van der Waals surface area contributed by atoms with Gasteiger partial charge in [0.2, 0.25) is 50.7 Å². The summed E-state index contributed by atoms with van der Waals surface area (Å²) in [5, 5.41) is 45.7. The maximum Gasteiger partial charge on any atom is 0.270 e. The Bertz CT molecular complexity index is 6430. The van der Waals surface area contributed by atoms with Gasteiger partial charge in [-0.15, -0.1) is 0 Å². The quantitative estimate of drug-likeness (QED) is 0.0521. The third kappa shape index (κ3) is 16.5. The third-order valence-corrected chi connectivity index (χ3v) is 22.6. The number of aliphatic hydroxyl groups is 4. The van der Waals surface area contributed by atoms with Gasteiger partial charge in [0.25, 0.3) is 5.92 Å². The number of fused-ring (bicyclic) bond motifs is 8. The van der Waals surface area contributed by atoms with E-state index in [9.17, 15) is 33.6 Å². The molecular formula is C94H79BrClF3N8O16. The van der Waals surface area contributed by atoms with Crippen molar-refractivity contribution >= 4 is 71.1 Å². The highest BCUT2D eigenvalue weighted by molar-refractivity contribution is 9.10. The number of rotatable bonds is 21. The molecule has 0 radical (unpaired) electrons. The summed E-state index contributed by atoms with van der Waals surface area (Å²) < 4.78 is 116. The van der Waals surface area contributed by atoms with E-state index in [4.69, 9.17) is 68.4 Å². The number of methoxy groups -OCH3 is 4. The number of hydrogen-bond acceptors (Lipinski definition) is 20. The highest BCUT2D eigenvalue weighted by Gasteiger charge is 2.31. The number of alkyl halides is 2. The normalized spacial score (nSPS) is 12.6. The summed E-state index contributed by atoms with van der Waals surface area (Å²) in [6.45, 7) is 2.66. The standard InChI is InChI=1S/C25H22F2N2O4.C23H19BrN2O4.C23H19ClN2O4.C23H19FN2O4/c1-25(26,27)17-5-3-4-15(8-17)12-29-19-10-22-21(32-14-33-22)9-18(19)24(20(29)13-30)16-6-7-23(31-2)28-11-16;1-28-22-6-5-15(10-25-22)23-17-8-20-21(30-13-29-20)9-18(17)26(19(23)12-27)11-14-3-2-4-16(24)7-14;1-28-22-7-6-14(10-25-22)23-16-8-20-21(30-13-29-20)9-18(16)26(19(23)12-27)11-15-4-2-3-5-17(15)24;1-28-22-6-5-15(10-25-22)23-17-8-20-21(30-13-29-20)9-18(17)26(19(23)12-27)11-14-3-2-4-16(24)7-14/h3-11,30H,12-14H2,1-2H3;3*2-10,27H,11-13H2,1H3. The van der Waals surface area contributed by atoms with Crippen LogP contribution >= 0.6 is 27.5 Å². The molecule has 626 valence electrons. The molecule has 123 heavy (non-hydrogen) atoms. The van der Waals surface area contributed by atoms with Crippen LogP contribution in [-0.4, -0.2) is 114 Å². The summed E-state index contributed by atoms with van der Waals surface area (Å²) in [5.41, 5.74) is 16.8. The number of benzene rings is 8. The summed E-state index contributed by atoms with van der Waals surface area (Å²) >= 11 is 9.97. The second kappa shape index (κ2) is 35.3. The minimum Gasteiger partial charge on any atom is -0.481 e. The predicted octanol–water partition coefficient (Wildman–Crippen LogP) is 18.6. The second-order valence-electron chi connectivity index (χ2n) is 29.0. The monoisotopic (exact) mass is 1750 g/mol. The fraction of sp³-hybridized carbons (Fsp3) is 0.191. The Labute approximate surface area is 715 Å². The molecule has 0 unspecified atom stereocenters. The van der Waals surface area contributed by atoms with Crippen LogP contribution in [0.1, 0.15) is 57.5 Å². The number of hydrogen-bond donors (Lipinski definition) is 4. The molecule has 0 amide bonds. The molecule has 4 aliphatic rings. The fourth-order valence-electron chi connectivity index (χ4n) is 16.0. The van der Waals surface area contributed by atoms with Crippen LogP contribution in [0.25, 0.3) is 88.1 Å². The van der Waals surface area contributed by atoms with Crippen LogP contribution in [0, 0.1) is 5.82 Å². The molecule has 0 atom stereocenters. The van der Waals surface area contributed by atoms with Gasteiger partial charge in [0.1, 0.15) is 5.82 Å². The van der Waals surface area contributed by atoms with Crippen LogP contribution in [-0.2, 0) is 58.5 Å². The molecule has 29 heteroatoms. The SMILES string of the molecule is COc1ccc(-c2c(CO)n(Cc3cccc(Br)c3)c3cc4c(cc23)OCO4)cn1.COc1ccc(-c2c(CO)n(Cc3cccc(C(C)(F)F)c3)c3cc4c(cc23)OCO4)cn1.COc1ccc(-c2c(CO)n(Cc3cccc(F)c3)c3cc4c(cc23)OCO4)cn1.COc1ccc(-c2c(CO)n(Cc3ccccc3Cl)c3cc4c(cc23)OCO4)cn1. The predicted molar refractivity (Wildman–Crippen MR) is 459 cm³/mol. The third-order valence-electron chi connectivity index (χ3n) is 21.7. The first kappa shape index (κ1) is 81.9. The second-order valence-corrected chi connectivity index (χ2v) is 30.3. The van der Waals surface area contributed by atoms with Gasteiger partial charge >= 0.3 is 0 Å². The molecule has 24 nitrogen and oxygen atoms in total. The molecule has 4 aliphatic heterocycles. The zero-order valence-corrected chi connectivity index (χ0v) is 69.3. The zero-order chi connectivity index (χ0) is 85.2.